The highest BCUT2D eigenvalue weighted by Crippen LogP contribution is 2.20. The van der Waals surface area contributed by atoms with E-state index in [1.165, 1.54) is 17.3 Å². The van der Waals surface area contributed by atoms with Gasteiger partial charge in [0, 0.05) is 22.4 Å². The van der Waals surface area contributed by atoms with Crippen LogP contribution in [-0.4, -0.2) is 32.3 Å². The summed E-state index contributed by atoms with van der Waals surface area (Å²) in [6, 6.07) is 13.1. The summed E-state index contributed by atoms with van der Waals surface area (Å²) >= 11 is 4.63. The van der Waals surface area contributed by atoms with Crippen molar-refractivity contribution in [2.24, 2.45) is 0 Å². The number of aryl methyl sites for hydroxylation is 2. The van der Waals surface area contributed by atoms with Crippen LogP contribution in [0.15, 0.2) is 64.7 Å². The van der Waals surface area contributed by atoms with Gasteiger partial charge in [-0.05, 0) is 61.4 Å². The minimum Gasteiger partial charge on any atom is -0.326 e. The Hall–Kier alpha value is -2.91. The number of carbonyl (C=O) groups excluding carboxylic acids is 2. The lowest BCUT2D eigenvalue weighted by Gasteiger charge is -2.10. The molecule has 0 fully saturated rings. The molecule has 0 atom stereocenters. The summed E-state index contributed by atoms with van der Waals surface area (Å²) in [7, 11) is 0. The Balaban J connectivity index is 1.61. The van der Waals surface area contributed by atoms with E-state index in [-0.39, 0.29) is 24.0 Å². The number of carbonyl (C=O) groups is 2. The molecular formula is C23H24BrN5O2S. The summed E-state index contributed by atoms with van der Waals surface area (Å²) in [5.74, 6) is 0.345. The molecule has 0 radical (unpaired) electrons. The highest BCUT2D eigenvalue weighted by molar-refractivity contribution is 9.10. The van der Waals surface area contributed by atoms with Gasteiger partial charge in [-0.25, -0.2) is 0 Å². The number of amides is 2. The maximum Gasteiger partial charge on any atom is 0.234 e. The van der Waals surface area contributed by atoms with E-state index in [4.69, 9.17) is 0 Å². The van der Waals surface area contributed by atoms with Gasteiger partial charge in [0.1, 0.15) is 5.82 Å². The number of thioether (sulfide) groups is 1. The Kier molecular flexibility index (Phi) is 8.24. The van der Waals surface area contributed by atoms with Gasteiger partial charge in [0.05, 0.1) is 12.2 Å². The zero-order valence-corrected chi connectivity index (χ0v) is 20.3. The Labute approximate surface area is 199 Å². The number of benzene rings is 2. The first-order valence-corrected chi connectivity index (χ1v) is 11.7. The van der Waals surface area contributed by atoms with Gasteiger partial charge in [-0.1, -0.05) is 39.8 Å². The number of halogens is 1. The lowest BCUT2D eigenvalue weighted by molar-refractivity contribution is -0.116. The molecule has 0 saturated heterocycles. The minimum atomic E-state index is -0.185. The standard InChI is InChI=1S/C23H24BrN5O2S/c1-4-11-29-20(13-21(30)26-19-8-5-15(2)16(3)12-19)27-28-23(29)32-14-22(31)25-18-9-6-17(24)7-10-18/h4-10,12H,1,11,13-14H2,2-3H3,(H,25,31)(H,26,30). The lowest BCUT2D eigenvalue weighted by Crippen LogP contribution is -2.18. The van der Waals surface area contributed by atoms with E-state index in [0.29, 0.717) is 17.5 Å². The first-order valence-electron chi connectivity index (χ1n) is 9.94. The number of nitrogens with one attached hydrogen (secondary N) is 2. The van der Waals surface area contributed by atoms with E-state index in [9.17, 15) is 9.59 Å². The quantitative estimate of drug-likeness (QED) is 0.318. The first kappa shape index (κ1) is 23.7. The molecule has 1 aromatic heterocycles. The molecule has 3 rings (SSSR count). The van der Waals surface area contributed by atoms with Crippen LogP contribution >= 0.6 is 27.7 Å². The van der Waals surface area contributed by atoms with Crippen LogP contribution in [0.1, 0.15) is 17.0 Å². The van der Waals surface area contributed by atoms with Crippen LogP contribution in [0.4, 0.5) is 11.4 Å². The smallest absolute Gasteiger partial charge is 0.234 e. The molecule has 0 spiro atoms. The van der Waals surface area contributed by atoms with E-state index in [1.807, 2.05) is 56.3 Å². The summed E-state index contributed by atoms with van der Waals surface area (Å²) in [4.78, 5) is 24.8. The monoisotopic (exact) mass is 513 g/mol. The fourth-order valence-electron chi connectivity index (χ4n) is 2.90. The van der Waals surface area contributed by atoms with Crippen LogP contribution in [0, 0.1) is 13.8 Å². The van der Waals surface area contributed by atoms with Gasteiger partial charge in [0.15, 0.2) is 5.16 Å². The Morgan fingerprint density at radius 2 is 1.72 bits per heavy atom. The van der Waals surface area contributed by atoms with Crippen LogP contribution in [0.2, 0.25) is 0 Å². The highest BCUT2D eigenvalue weighted by atomic mass is 79.9. The second kappa shape index (κ2) is 11.1. The molecule has 0 aliphatic heterocycles. The second-order valence-electron chi connectivity index (χ2n) is 7.17. The number of nitrogens with zero attached hydrogens (tertiary/aromatic N) is 3. The first-order chi connectivity index (χ1) is 15.4. The predicted octanol–water partition coefficient (Wildman–Crippen LogP) is 4.76. The number of rotatable bonds is 9. The van der Waals surface area contributed by atoms with Crippen molar-refractivity contribution in [1.29, 1.82) is 0 Å². The normalized spacial score (nSPS) is 10.6. The maximum absolute atomic E-state index is 12.5. The third-order valence-corrected chi connectivity index (χ3v) is 6.17. The molecule has 9 heteroatoms. The molecule has 2 aromatic carbocycles. The van der Waals surface area contributed by atoms with Gasteiger partial charge in [-0.3, -0.25) is 9.59 Å². The van der Waals surface area contributed by atoms with Gasteiger partial charge in [0.25, 0.3) is 0 Å². The van der Waals surface area contributed by atoms with Crippen molar-refractivity contribution in [3.63, 3.8) is 0 Å². The summed E-state index contributed by atoms with van der Waals surface area (Å²) in [6.07, 6.45) is 1.78. The molecule has 2 N–H and O–H groups in total. The Morgan fingerprint density at radius 1 is 1.03 bits per heavy atom. The van der Waals surface area contributed by atoms with E-state index < -0.39 is 0 Å². The topological polar surface area (TPSA) is 88.9 Å². The molecule has 0 aliphatic carbocycles. The molecule has 0 bridgehead atoms. The summed E-state index contributed by atoms with van der Waals surface area (Å²) in [6.45, 7) is 8.24. The minimum absolute atomic E-state index is 0.0689. The maximum atomic E-state index is 12.5. The van der Waals surface area contributed by atoms with E-state index in [1.54, 1.807) is 10.6 Å². The van der Waals surface area contributed by atoms with Crippen molar-refractivity contribution in [2.75, 3.05) is 16.4 Å². The largest absolute Gasteiger partial charge is 0.326 e. The average molecular weight is 514 g/mol. The molecular weight excluding hydrogens is 490 g/mol. The van der Waals surface area contributed by atoms with E-state index in [2.05, 4.69) is 43.3 Å². The average Bonchev–Trinajstić information content (AvgIpc) is 3.12. The Bertz CT molecular complexity index is 1130. The molecule has 3 aromatic rings. The van der Waals surface area contributed by atoms with Crippen molar-refractivity contribution >= 4 is 50.9 Å². The van der Waals surface area contributed by atoms with Gasteiger partial charge in [-0.15, -0.1) is 16.8 Å². The zero-order chi connectivity index (χ0) is 23.1. The number of aromatic nitrogens is 3. The van der Waals surface area contributed by atoms with Crippen LogP contribution in [-0.2, 0) is 22.6 Å². The molecule has 2 amide bonds. The molecule has 0 saturated carbocycles. The molecule has 1 heterocycles. The van der Waals surface area contributed by atoms with Gasteiger partial charge in [0.2, 0.25) is 11.8 Å². The SMILES string of the molecule is C=CCn1c(CC(=O)Nc2ccc(C)c(C)c2)nnc1SCC(=O)Nc1ccc(Br)cc1. The zero-order valence-electron chi connectivity index (χ0n) is 17.9. The molecule has 0 aliphatic rings. The third kappa shape index (κ3) is 6.54. The predicted molar refractivity (Wildman–Crippen MR) is 132 cm³/mol. The summed E-state index contributed by atoms with van der Waals surface area (Å²) in [5.41, 5.74) is 3.74. The van der Waals surface area contributed by atoms with Crippen molar-refractivity contribution in [2.45, 2.75) is 32.0 Å². The van der Waals surface area contributed by atoms with Gasteiger partial charge >= 0.3 is 0 Å². The van der Waals surface area contributed by atoms with E-state index >= 15 is 0 Å². The molecule has 166 valence electrons. The van der Waals surface area contributed by atoms with Crippen LogP contribution < -0.4 is 10.6 Å². The van der Waals surface area contributed by atoms with Gasteiger partial charge in [-0.2, -0.15) is 0 Å². The van der Waals surface area contributed by atoms with Crippen molar-refractivity contribution in [1.82, 2.24) is 14.8 Å². The van der Waals surface area contributed by atoms with Crippen LogP contribution in [0.3, 0.4) is 0 Å². The fourth-order valence-corrected chi connectivity index (χ4v) is 3.93. The number of anilines is 2. The molecule has 7 nitrogen and oxygen atoms in total. The summed E-state index contributed by atoms with van der Waals surface area (Å²) < 4.78 is 2.74. The van der Waals surface area contributed by atoms with Crippen molar-refractivity contribution < 1.29 is 9.59 Å². The van der Waals surface area contributed by atoms with Crippen LogP contribution in [0.5, 0.6) is 0 Å². The number of allylic oxidation sites excluding steroid dienone is 1. The molecule has 0 unspecified atom stereocenters. The molecule has 32 heavy (non-hydrogen) atoms. The lowest BCUT2D eigenvalue weighted by atomic mass is 10.1. The van der Waals surface area contributed by atoms with E-state index in [0.717, 1.165) is 21.4 Å². The van der Waals surface area contributed by atoms with Crippen molar-refractivity contribution in [3.05, 3.63) is 76.5 Å². The van der Waals surface area contributed by atoms with Crippen molar-refractivity contribution in [3.8, 4) is 0 Å². The third-order valence-electron chi connectivity index (χ3n) is 4.67. The number of hydrogen-bond acceptors (Lipinski definition) is 5. The highest BCUT2D eigenvalue weighted by Gasteiger charge is 2.16. The summed E-state index contributed by atoms with van der Waals surface area (Å²) in [5, 5.41) is 14.6. The fraction of sp³-hybridized carbons (Fsp3) is 0.217. The van der Waals surface area contributed by atoms with Crippen LogP contribution in [0.25, 0.3) is 0 Å². The second-order valence-corrected chi connectivity index (χ2v) is 9.02. The number of hydrogen-bond donors (Lipinski definition) is 2. The Morgan fingerprint density at radius 3 is 2.41 bits per heavy atom. The van der Waals surface area contributed by atoms with Gasteiger partial charge < -0.3 is 15.2 Å².